The third-order valence-electron chi connectivity index (χ3n) is 2.10. The highest BCUT2D eigenvalue weighted by Crippen LogP contribution is 2.11. The maximum atomic E-state index is 11.5. The number of nitriles is 1. The number of benzene rings is 1. The van der Waals surface area contributed by atoms with Crippen LogP contribution in [0.3, 0.4) is 0 Å². The van der Waals surface area contributed by atoms with Crippen LogP contribution in [0.25, 0.3) is 0 Å². The van der Waals surface area contributed by atoms with Crippen molar-refractivity contribution in [1.82, 2.24) is 5.32 Å². The van der Waals surface area contributed by atoms with E-state index in [0.717, 1.165) is 11.3 Å². The first-order valence-electron chi connectivity index (χ1n) is 5.00. The topological polar surface area (TPSA) is 52.9 Å². The molecule has 0 aromatic heterocycles. The van der Waals surface area contributed by atoms with Gasteiger partial charge in [-0.3, -0.25) is 4.79 Å². The molecule has 16 heavy (non-hydrogen) atoms. The molecule has 84 valence electrons. The average Bonchev–Trinajstić information content (AvgIpc) is 2.34. The zero-order valence-corrected chi connectivity index (χ0v) is 9.96. The van der Waals surface area contributed by atoms with Crippen LogP contribution >= 0.6 is 11.8 Å². The first kappa shape index (κ1) is 12.6. The van der Waals surface area contributed by atoms with E-state index >= 15 is 0 Å². The molecule has 0 spiro atoms. The summed E-state index contributed by atoms with van der Waals surface area (Å²) in [5.74, 6) is 0.698. The van der Waals surface area contributed by atoms with Gasteiger partial charge in [-0.1, -0.05) is 30.3 Å². The molecule has 1 rings (SSSR count). The minimum atomic E-state index is -0.546. The molecular formula is C12H14N2OS. The van der Waals surface area contributed by atoms with Gasteiger partial charge in [-0.05, 0) is 11.8 Å². The summed E-state index contributed by atoms with van der Waals surface area (Å²) in [5, 5.41) is 11.7. The molecule has 1 aromatic rings. The highest BCUT2D eigenvalue weighted by molar-refractivity contribution is 7.98. The Bertz CT molecular complexity index is 372. The van der Waals surface area contributed by atoms with E-state index in [2.05, 4.69) is 11.4 Å². The Balaban J connectivity index is 2.57. The van der Waals surface area contributed by atoms with Gasteiger partial charge in [0.1, 0.15) is 6.04 Å². The van der Waals surface area contributed by atoms with E-state index < -0.39 is 6.04 Å². The number of thioether (sulfide) groups is 1. The van der Waals surface area contributed by atoms with E-state index in [1.54, 1.807) is 11.8 Å². The highest BCUT2D eigenvalue weighted by atomic mass is 32.2. The third-order valence-corrected chi connectivity index (χ3v) is 2.71. The van der Waals surface area contributed by atoms with Gasteiger partial charge in [0, 0.05) is 12.2 Å². The average molecular weight is 234 g/mol. The Hall–Kier alpha value is -1.47. The number of nitrogens with zero attached hydrogens (tertiary/aromatic N) is 1. The van der Waals surface area contributed by atoms with Crippen LogP contribution in [0.1, 0.15) is 18.0 Å². The molecule has 0 fully saturated rings. The number of hydrogen-bond donors (Lipinski definition) is 1. The van der Waals surface area contributed by atoms with Gasteiger partial charge in [-0.2, -0.15) is 17.0 Å². The van der Waals surface area contributed by atoms with Crippen LogP contribution in [0, 0.1) is 11.3 Å². The predicted octanol–water partition coefficient (Wildman–Crippen LogP) is 2.12. The lowest BCUT2D eigenvalue weighted by molar-refractivity contribution is -0.121. The van der Waals surface area contributed by atoms with Crippen molar-refractivity contribution < 1.29 is 4.79 Å². The van der Waals surface area contributed by atoms with Crippen LogP contribution in [0.15, 0.2) is 30.3 Å². The summed E-state index contributed by atoms with van der Waals surface area (Å²) in [4.78, 5) is 11.5. The normalized spacial score (nSPS) is 11.5. The number of rotatable bonds is 5. The third kappa shape index (κ3) is 3.95. The molecule has 1 unspecified atom stereocenters. The molecule has 1 amide bonds. The van der Waals surface area contributed by atoms with Crippen molar-refractivity contribution in [2.45, 2.75) is 12.5 Å². The van der Waals surface area contributed by atoms with E-state index in [0.29, 0.717) is 6.42 Å². The van der Waals surface area contributed by atoms with Gasteiger partial charge < -0.3 is 5.32 Å². The maximum Gasteiger partial charge on any atom is 0.222 e. The second kappa shape index (κ2) is 6.91. The number of hydrogen-bond acceptors (Lipinski definition) is 3. The summed E-state index contributed by atoms with van der Waals surface area (Å²) in [6.07, 6.45) is 2.40. The zero-order valence-electron chi connectivity index (χ0n) is 9.14. The van der Waals surface area contributed by atoms with Crippen molar-refractivity contribution in [2.75, 3.05) is 12.0 Å². The lowest BCUT2D eigenvalue weighted by Crippen LogP contribution is -2.27. The summed E-state index contributed by atoms with van der Waals surface area (Å²) < 4.78 is 0. The summed E-state index contributed by atoms with van der Waals surface area (Å²) in [6, 6.07) is 10.8. The number of nitrogens with one attached hydrogen (secondary N) is 1. The fraction of sp³-hybridized carbons (Fsp3) is 0.333. The van der Waals surface area contributed by atoms with Crippen molar-refractivity contribution in [3.05, 3.63) is 35.9 Å². The Labute approximate surface area is 99.8 Å². The summed E-state index contributed by atoms with van der Waals surface area (Å²) >= 11 is 1.62. The molecule has 4 heteroatoms. The first-order chi connectivity index (χ1) is 7.77. The standard InChI is InChI=1S/C12H14N2OS/c1-16-8-7-12(15)14-11(9-13)10-5-3-2-4-6-10/h2-6,11H,7-8H2,1H3,(H,14,15). The van der Waals surface area contributed by atoms with E-state index in [1.807, 2.05) is 36.6 Å². The van der Waals surface area contributed by atoms with Gasteiger partial charge in [0.2, 0.25) is 5.91 Å². The van der Waals surface area contributed by atoms with Crippen LogP contribution in [0.4, 0.5) is 0 Å². The molecule has 1 N–H and O–H groups in total. The maximum absolute atomic E-state index is 11.5. The Morgan fingerprint density at radius 1 is 1.50 bits per heavy atom. The van der Waals surface area contributed by atoms with Crippen LogP contribution in [-0.4, -0.2) is 17.9 Å². The molecule has 1 atom stereocenters. The number of amides is 1. The van der Waals surface area contributed by atoms with Crippen molar-refractivity contribution in [3.8, 4) is 6.07 Å². The van der Waals surface area contributed by atoms with Gasteiger partial charge in [-0.25, -0.2) is 0 Å². The molecule has 0 bridgehead atoms. The predicted molar refractivity (Wildman–Crippen MR) is 65.9 cm³/mol. The minimum Gasteiger partial charge on any atom is -0.337 e. The molecule has 0 saturated heterocycles. The molecule has 0 saturated carbocycles. The fourth-order valence-corrected chi connectivity index (χ4v) is 1.65. The molecule has 1 aromatic carbocycles. The van der Waals surface area contributed by atoms with Crippen LogP contribution in [0.2, 0.25) is 0 Å². The first-order valence-corrected chi connectivity index (χ1v) is 6.40. The van der Waals surface area contributed by atoms with E-state index in [4.69, 9.17) is 5.26 Å². The minimum absolute atomic E-state index is 0.0789. The largest absolute Gasteiger partial charge is 0.337 e. The molecule has 3 nitrogen and oxygen atoms in total. The van der Waals surface area contributed by atoms with Crippen LogP contribution < -0.4 is 5.32 Å². The second-order valence-electron chi connectivity index (χ2n) is 3.28. The summed E-state index contributed by atoms with van der Waals surface area (Å²) in [7, 11) is 0. The van der Waals surface area contributed by atoms with E-state index in [-0.39, 0.29) is 5.91 Å². The van der Waals surface area contributed by atoms with Crippen molar-refractivity contribution >= 4 is 17.7 Å². The monoisotopic (exact) mass is 234 g/mol. The van der Waals surface area contributed by atoms with E-state index in [1.165, 1.54) is 0 Å². The lowest BCUT2D eigenvalue weighted by Gasteiger charge is -2.11. The lowest BCUT2D eigenvalue weighted by atomic mass is 10.1. The van der Waals surface area contributed by atoms with Crippen LogP contribution in [-0.2, 0) is 4.79 Å². The highest BCUT2D eigenvalue weighted by Gasteiger charge is 2.12. The Morgan fingerprint density at radius 3 is 2.75 bits per heavy atom. The van der Waals surface area contributed by atoms with Gasteiger partial charge in [0.05, 0.1) is 6.07 Å². The van der Waals surface area contributed by atoms with Crippen molar-refractivity contribution in [2.24, 2.45) is 0 Å². The fourth-order valence-electron chi connectivity index (χ4n) is 1.26. The Kier molecular flexibility index (Phi) is 5.44. The number of carbonyl (C=O) groups excluding carboxylic acids is 1. The number of carbonyl (C=O) groups is 1. The Morgan fingerprint density at radius 2 is 2.19 bits per heavy atom. The van der Waals surface area contributed by atoms with Crippen molar-refractivity contribution in [3.63, 3.8) is 0 Å². The SMILES string of the molecule is CSCCC(=O)NC(C#N)c1ccccc1. The van der Waals surface area contributed by atoms with Gasteiger partial charge in [0.25, 0.3) is 0 Å². The summed E-state index contributed by atoms with van der Waals surface area (Å²) in [5.41, 5.74) is 0.822. The molecule has 0 radical (unpaired) electrons. The molecule has 0 aliphatic heterocycles. The molecule has 0 aliphatic rings. The van der Waals surface area contributed by atoms with Crippen LogP contribution in [0.5, 0.6) is 0 Å². The second-order valence-corrected chi connectivity index (χ2v) is 4.27. The van der Waals surface area contributed by atoms with Gasteiger partial charge in [0.15, 0.2) is 0 Å². The molecule has 0 heterocycles. The van der Waals surface area contributed by atoms with Gasteiger partial charge in [-0.15, -0.1) is 0 Å². The summed E-state index contributed by atoms with van der Waals surface area (Å²) in [6.45, 7) is 0. The zero-order chi connectivity index (χ0) is 11.8. The quantitative estimate of drug-likeness (QED) is 0.849. The smallest absolute Gasteiger partial charge is 0.222 e. The van der Waals surface area contributed by atoms with Crippen molar-refractivity contribution in [1.29, 1.82) is 5.26 Å². The van der Waals surface area contributed by atoms with E-state index in [9.17, 15) is 4.79 Å². The molecular weight excluding hydrogens is 220 g/mol. The van der Waals surface area contributed by atoms with Gasteiger partial charge >= 0.3 is 0 Å². The molecule has 0 aliphatic carbocycles.